The molecule has 1 unspecified atom stereocenters. The smallest absolute Gasteiger partial charge is 0.255 e. The fourth-order valence-corrected chi connectivity index (χ4v) is 4.39. The molecule has 156 valence electrons. The van der Waals surface area contributed by atoms with Crippen LogP contribution in [0, 0.1) is 0 Å². The van der Waals surface area contributed by atoms with Gasteiger partial charge in [-0.2, -0.15) is 4.31 Å². The molecule has 2 aromatic rings. The van der Waals surface area contributed by atoms with Crippen LogP contribution in [0.2, 0.25) is 0 Å². The second kappa shape index (κ2) is 9.05. The van der Waals surface area contributed by atoms with E-state index in [0.717, 1.165) is 0 Å². The lowest BCUT2D eigenvalue weighted by Gasteiger charge is -2.31. The van der Waals surface area contributed by atoms with Gasteiger partial charge in [-0.1, -0.05) is 0 Å². The number of primary amides is 1. The van der Waals surface area contributed by atoms with E-state index in [1.807, 2.05) is 0 Å². The third-order valence-electron chi connectivity index (χ3n) is 4.30. The summed E-state index contributed by atoms with van der Waals surface area (Å²) >= 11 is 0. The highest BCUT2D eigenvalue weighted by atomic mass is 32.2. The average molecular weight is 422 g/mol. The molecule has 1 aromatic carbocycles. The Kier molecular flexibility index (Phi) is 6.49. The van der Waals surface area contributed by atoms with E-state index < -0.39 is 15.9 Å². The van der Waals surface area contributed by atoms with E-state index in [-0.39, 0.29) is 24.2 Å². The summed E-state index contributed by atoms with van der Waals surface area (Å²) in [6.07, 6.45) is 1.03. The van der Waals surface area contributed by atoms with Crippen LogP contribution >= 0.6 is 0 Å². The molecule has 0 radical (unpaired) electrons. The molecule has 0 bridgehead atoms. The van der Waals surface area contributed by atoms with Crippen LogP contribution in [0.1, 0.15) is 12.8 Å². The minimum absolute atomic E-state index is 0.133. The maximum Gasteiger partial charge on any atom is 0.255 e. The summed E-state index contributed by atoms with van der Waals surface area (Å²) in [4.78, 5) is 10.9. The van der Waals surface area contributed by atoms with Gasteiger partial charge in [0.15, 0.2) is 6.61 Å². The normalized spacial score (nSPS) is 17.5. The minimum Gasteiger partial charge on any atom is -0.484 e. The van der Waals surface area contributed by atoms with Crippen molar-refractivity contribution in [2.24, 2.45) is 5.73 Å². The highest BCUT2D eigenvalue weighted by molar-refractivity contribution is 7.89. The quantitative estimate of drug-likeness (QED) is 0.653. The van der Waals surface area contributed by atoms with E-state index in [0.29, 0.717) is 36.9 Å². The van der Waals surface area contributed by atoms with E-state index in [4.69, 9.17) is 19.9 Å². The monoisotopic (exact) mass is 422 g/mol. The van der Waals surface area contributed by atoms with Crippen molar-refractivity contribution in [1.29, 1.82) is 0 Å². The Morgan fingerprint density at radius 3 is 2.48 bits per heavy atom. The molecule has 3 rings (SSSR count). The lowest BCUT2D eigenvalue weighted by molar-refractivity contribution is -0.119. The fraction of sp³-hybridized carbons (Fsp3) is 0.389. The highest BCUT2D eigenvalue weighted by Gasteiger charge is 2.31. The molecule has 10 nitrogen and oxygen atoms in total. The predicted molar refractivity (Wildman–Crippen MR) is 102 cm³/mol. The van der Waals surface area contributed by atoms with Crippen molar-refractivity contribution in [1.82, 2.24) is 14.5 Å². The number of nitrogens with zero attached hydrogens (tertiary/aromatic N) is 3. The zero-order valence-electron chi connectivity index (χ0n) is 15.9. The average Bonchev–Trinajstić information content (AvgIpc) is 2.73. The molecule has 1 amide bonds. The van der Waals surface area contributed by atoms with E-state index in [2.05, 4.69) is 10.2 Å². The molecule has 1 aromatic heterocycles. The molecule has 0 spiro atoms. The fourth-order valence-electron chi connectivity index (χ4n) is 2.88. The molecule has 2 heterocycles. The molecule has 1 aliphatic rings. The number of carbonyl (C=O) groups is 1. The maximum absolute atomic E-state index is 13.0. The number of piperidine rings is 1. The first-order valence-corrected chi connectivity index (χ1v) is 10.4. The van der Waals surface area contributed by atoms with Crippen molar-refractivity contribution in [3.05, 3.63) is 36.4 Å². The predicted octanol–water partition coefficient (Wildman–Crippen LogP) is 0.581. The van der Waals surface area contributed by atoms with Crippen molar-refractivity contribution in [2.75, 3.05) is 26.8 Å². The van der Waals surface area contributed by atoms with Crippen LogP contribution in [0.3, 0.4) is 0 Å². The molecular formula is C18H22N4O6S. The minimum atomic E-state index is -3.70. The standard InChI is InChI=1S/C18H22N4O6S/c1-26-17-8-9-18(21-20-17)28-14-3-2-10-22(11-14)29(24,25)15-6-4-13(5-7-15)27-12-16(19)23/h4-9,14H,2-3,10-12H2,1H3,(H2,19,23). The number of amides is 1. The van der Waals surface area contributed by atoms with E-state index in [1.165, 1.54) is 35.7 Å². The Hall–Kier alpha value is -2.92. The Bertz CT molecular complexity index is 934. The van der Waals surface area contributed by atoms with Crippen LogP contribution < -0.4 is 19.9 Å². The number of hydrogen-bond acceptors (Lipinski definition) is 8. The summed E-state index contributed by atoms with van der Waals surface area (Å²) in [5, 5.41) is 7.76. The van der Waals surface area contributed by atoms with Crippen LogP contribution in [0.4, 0.5) is 0 Å². The Morgan fingerprint density at radius 1 is 1.17 bits per heavy atom. The molecule has 1 atom stereocenters. The second-order valence-electron chi connectivity index (χ2n) is 6.39. The first-order chi connectivity index (χ1) is 13.9. The number of ether oxygens (including phenoxy) is 3. The number of hydrogen-bond donors (Lipinski definition) is 1. The zero-order chi connectivity index (χ0) is 20.9. The van der Waals surface area contributed by atoms with Crippen molar-refractivity contribution >= 4 is 15.9 Å². The summed E-state index contributed by atoms with van der Waals surface area (Å²) in [6, 6.07) is 9.10. The third kappa shape index (κ3) is 5.33. The molecule has 0 saturated carbocycles. The second-order valence-corrected chi connectivity index (χ2v) is 8.32. The van der Waals surface area contributed by atoms with Gasteiger partial charge in [-0.05, 0) is 37.1 Å². The van der Waals surface area contributed by atoms with Gasteiger partial charge in [0.1, 0.15) is 11.9 Å². The van der Waals surface area contributed by atoms with Gasteiger partial charge in [-0.15, -0.1) is 10.2 Å². The van der Waals surface area contributed by atoms with Crippen LogP contribution in [-0.2, 0) is 14.8 Å². The van der Waals surface area contributed by atoms with Crippen molar-refractivity contribution < 1.29 is 27.4 Å². The molecule has 0 aliphatic carbocycles. The van der Waals surface area contributed by atoms with Gasteiger partial charge in [0.2, 0.25) is 21.8 Å². The molecule has 2 N–H and O–H groups in total. The lowest BCUT2D eigenvalue weighted by atomic mass is 10.1. The number of benzene rings is 1. The lowest BCUT2D eigenvalue weighted by Crippen LogP contribution is -2.44. The molecule has 1 fully saturated rings. The molecule has 1 saturated heterocycles. The SMILES string of the molecule is COc1ccc(OC2CCCN(S(=O)(=O)c3ccc(OCC(N)=O)cc3)C2)nn1. The molecule has 1 aliphatic heterocycles. The van der Waals surface area contributed by atoms with Crippen molar-refractivity contribution in [2.45, 2.75) is 23.8 Å². The summed E-state index contributed by atoms with van der Waals surface area (Å²) in [5.41, 5.74) is 5.03. The largest absolute Gasteiger partial charge is 0.484 e. The molecular weight excluding hydrogens is 400 g/mol. The number of rotatable bonds is 8. The van der Waals surface area contributed by atoms with Gasteiger partial charge in [0.05, 0.1) is 18.6 Å². The van der Waals surface area contributed by atoms with Crippen LogP contribution in [0.25, 0.3) is 0 Å². The summed E-state index contributed by atoms with van der Waals surface area (Å²) in [6.45, 7) is 0.331. The highest BCUT2D eigenvalue weighted by Crippen LogP contribution is 2.24. The van der Waals surface area contributed by atoms with E-state index >= 15 is 0 Å². The Labute approximate surface area is 168 Å². The van der Waals surface area contributed by atoms with Crippen molar-refractivity contribution in [3.63, 3.8) is 0 Å². The zero-order valence-corrected chi connectivity index (χ0v) is 16.7. The first-order valence-electron chi connectivity index (χ1n) is 8.94. The summed E-state index contributed by atoms with van der Waals surface area (Å²) < 4.78 is 43.2. The van der Waals surface area contributed by atoms with Gasteiger partial charge in [0, 0.05) is 18.7 Å². The maximum atomic E-state index is 13.0. The Balaban J connectivity index is 1.65. The Morgan fingerprint density at radius 2 is 1.86 bits per heavy atom. The number of carbonyl (C=O) groups excluding carboxylic acids is 1. The first kappa shape index (κ1) is 20.8. The van der Waals surface area contributed by atoms with E-state index in [1.54, 1.807) is 12.1 Å². The van der Waals surface area contributed by atoms with Gasteiger partial charge in [0.25, 0.3) is 5.91 Å². The van der Waals surface area contributed by atoms with Gasteiger partial charge >= 0.3 is 0 Å². The topological polar surface area (TPSA) is 134 Å². The van der Waals surface area contributed by atoms with E-state index in [9.17, 15) is 13.2 Å². The van der Waals surface area contributed by atoms with Gasteiger partial charge < -0.3 is 19.9 Å². The number of sulfonamides is 1. The number of aromatic nitrogens is 2. The number of methoxy groups -OCH3 is 1. The van der Waals surface area contributed by atoms with Gasteiger partial charge in [-0.25, -0.2) is 8.42 Å². The van der Waals surface area contributed by atoms with Gasteiger partial charge in [-0.3, -0.25) is 4.79 Å². The molecule has 29 heavy (non-hydrogen) atoms. The molecule has 11 heteroatoms. The van der Waals surface area contributed by atoms with Crippen molar-refractivity contribution in [3.8, 4) is 17.5 Å². The van der Waals surface area contributed by atoms with Crippen LogP contribution in [0.5, 0.6) is 17.5 Å². The summed E-state index contributed by atoms with van der Waals surface area (Å²) in [7, 11) is -2.20. The summed E-state index contributed by atoms with van der Waals surface area (Å²) in [5.74, 6) is 0.433. The van der Waals surface area contributed by atoms with Crippen LogP contribution in [0.15, 0.2) is 41.3 Å². The number of nitrogens with two attached hydrogens (primary N) is 1. The third-order valence-corrected chi connectivity index (χ3v) is 6.18. The van der Waals surface area contributed by atoms with Crippen LogP contribution in [-0.4, -0.2) is 61.7 Å².